The summed E-state index contributed by atoms with van der Waals surface area (Å²) < 4.78 is 0. The molecule has 0 atom stereocenters. The lowest BCUT2D eigenvalue weighted by Crippen LogP contribution is -1.68. The second-order valence-electron chi connectivity index (χ2n) is 3.67. The molecule has 0 heterocycles. The van der Waals surface area contributed by atoms with Crippen molar-refractivity contribution in [3.05, 3.63) is 66.3 Å². The number of benzene rings is 1. The van der Waals surface area contributed by atoms with Gasteiger partial charge in [0, 0.05) is 0 Å². The van der Waals surface area contributed by atoms with Gasteiger partial charge in [-0.25, -0.2) is 0 Å². The molecule has 16 heavy (non-hydrogen) atoms. The topological polar surface area (TPSA) is 0 Å². The van der Waals surface area contributed by atoms with Gasteiger partial charge in [-0.15, -0.1) is 0 Å². The van der Waals surface area contributed by atoms with Gasteiger partial charge in [0.1, 0.15) is 0 Å². The van der Waals surface area contributed by atoms with Gasteiger partial charge in [-0.3, -0.25) is 0 Å². The Morgan fingerprint density at radius 3 is 2.38 bits per heavy atom. The van der Waals surface area contributed by atoms with Crippen molar-refractivity contribution in [2.45, 2.75) is 26.2 Å². The van der Waals surface area contributed by atoms with E-state index >= 15 is 0 Å². The fourth-order valence-corrected chi connectivity index (χ4v) is 1.42. The van der Waals surface area contributed by atoms with E-state index in [1.807, 2.05) is 6.07 Å². The first-order valence-corrected chi connectivity index (χ1v) is 5.91. The highest BCUT2D eigenvalue weighted by atomic mass is 13.9. The minimum atomic E-state index is 1.02. The van der Waals surface area contributed by atoms with Crippen LogP contribution in [0.5, 0.6) is 0 Å². The van der Waals surface area contributed by atoms with E-state index < -0.39 is 0 Å². The lowest BCUT2D eigenvalue weighted by molar-refractivity contribution is 1.04. The lowest BCUT2D eigenvalue weighted by atomic mass is 10.2. The molecule has 84 valence electrons. The highest BCUT2D eigenvalue weighted by molar-refractivity contribution is 5.48. The fourth-order valence-electron chi connectivity index (χ4n) is 1.42. The van der Waals surface area contributed by atoms with E-state index in [1.54, 1.807) is 0 Å². The Labute approximate surface area is 99.0 Å². The summed E-state index contributed by atoms with van der Waals surface area (Å²) in [7, 11) is 0. The van der Waals surface area contributed by atoms with E-state index in [2.05, 4.69) is 67.6 Å². The van der Waals surface area contributed by atoms with Crippen molar-refractivity contribution in [3.63, 3.8) is 0 Å². The van der Waals surface area contributed by atoms with Crippen molar-refractivity contribution >= 4 is 6.08 Å². The Balaban J connectivity index is 2.18. The molecule has 0 spiro atoms. The minimum absolute atomic E-state index is 1.02. The molecule has 0 amide bonds. The Bertz CT molecular complexity index is 342. The zero-order valence-corrected chi connectivity index (χ0v) is 9.97. The fraction of sp³-hybridized carbons (Fsp3) is 0.250. The number of hydrogen-bond acceptors (Lipinski definition) is 0. The molecule has 0 bridgehead atoms. The van der Waals surface area contributed by atoms with Crippen LogP contribution < -0.4 is 0 Å². The van der Waals surface area contributed by atoms with Crippen molar-refractivity contribution in [1.29, 1.82) is 0 Å². The van der Waals surface area contributed by atoms with Gasteiger partial charge >= 0.3 is 0 Å². The molecule has 0 heteroatoms. The largest absolute Gasteiger partial charge is 0.0917 e. The lowest BCUT2D eigenvalue weighted by Gasteiger charge is -1.90. The van der Waals surface area contributed by atoms with Gasteiger partial charge in [0.15, 0.2) is 0 Å². The first-order chi connectivity index (χ1) is 7.93. The van der Waals surface area contributed by atoms with Crippen LogP contribution in [0, 0.1) is 0 Å². The number of unbranched alkanes of at least 4 members (excludes halogenated alkanes) is 1. The highest BCUT2D eigenvalue weighted by Gasteiger charge is 1.80. The van der Waals surface area contributed by atoms with Crippen LogP contribution in [0.3, 0.4) is 0 Å². The third-order valence-corrected chi connectivity index (χ3v) is 2.28. The van der Waals surface area contributed by atoms with Crippen LogP contribution in [0.25, 0.3) is 6.08 Å². The third kappa shape index (κ3) is 6.02. The second-order valence-corrected chi connectivity index (χ2v) is 3.67. The predicted molar refractivity (Wildman–Crippen MR) is 73.3 cm³/mol. The first kappa shape index (κ1) is 12.5. The monoisotopic (exact) mass is 212 g/mol. The van der Waals surface area contributed by atoms with E-state index in [0.29, 0.717) is 0 Å². The van der Waals surface area contributed by atoms with Crippen LogP contribution >= 0.6 is 0 Å². The smallest absolute Gasteiger partial charge is 0.0166 e. The van der Waals surface area contributed by atoms with E-state index in [-0.39, 0.29) is 0 Å². The summed E-state index contributed by atoms with van der Waals surface area (Å²) in [4.78, 5) is 0. The van der Waals surface area contributed by atoms with Gasteiger partial charge in [-0.05, 0) is 31.7 Å². The van der Waals surface area contributed by atoms with Gasteiger partial charge in [-0.1, -0.05) is 66.8 Å². The van der Waals surface area contributed by atoms with Crippen LogP contribution in [0.4, 0.5) is 0 Å². The molecule has 0 aliphatic carbocycles. The van der Waals surface area contributed by atoms with E-state index in [9.17, 15) is 0 Å². The second kappa shape index (κ2) is 8.72. The van der Waals surface area contributed by atoms with Crippen LogP contribution in [0.2, 0.25) is 0 Å². The van der Waals surface area contributed by atoms with Crippen molar-refractivity contribution in [2.75, 3.05) is 0 Å². The molecule has 0 saturated carbocycles. The average Bonchev–Trinajstić information content (AvgIpc) is 2.34. The number of rotatable bonds is 6. The Hall–Kier alpha value is -1.56. The zero-order valence-electron chi connectivity index (χ0n) is 9.97. The van der Waals surface area contributed by atoms with Gasteiger partial charge in [0.05, 0.1) is 0 Å². The zero-order chi connectivity index (χ0) is 11.5. The molecule has 0 radical (unpaired) electrons. The molecule has 0 N–H and O–H groups in total. The Morgan fingerprint density at radius 2 is 1.62 bits per heavy atom. The summed E-state index contributed by atoms with van der Waals surface area (Å²) in [6.45, 7) is 2.06. The Morgan fingerprint density at radius 1 is 0.875 bits per heavy atom. The van der Waals surface area contributed by atoms with E-state index in [0.717, 1.165) is 19.3 Å². The molecular formula is C16H20. The highest BCUT2D eigenvalue weighted by Crippen LogP contribution is 2.02. The van der Waals surface area contributed by atoms with Crippen LogP contribution in [0.15, 0.2) is 60.7 Å². The molecule has 0 aliphatic heterocycles. The van der Waals surface area contributed by atoms with Crippen LogP contribution in [0.1, 0.15) is 31.7 Å². The summed E-state index contributed by atoms with van der Waals surface area (Å²) >= 11 is 0. The predicted octanol–water partition coefficient (Wildman–Crippen LogP) is 5.00. The van der Waals surface area contributed by atoms with Gasteiger partial charge in [-0.2, -0.15) is 0 Å². The summed E-state index contributed by atoms with van der Waals surface area (Å²) in [6.07, 6.45) is 16.4. The van der Waals surface area contributed by atoms with Gasteiger partial charge in [0.2, 0.25) is 0 Å². The maximum Gasteiger partial charge on any atom is -0.0166 e. The molecule has 0 unspecified atom stereocenters. The van der Waals surface area contributed by atoms with Crippen molar-refractivity contribution < 1.29 is 0 Å². The summed E-state index contributed by atoms with van der Waals surface area (Å²) in [6, 6.07) is 10.4. The van der Waals surface area contributed by atoms with E-state index in [4.69, 9.17) is 0 Å². The average molecular weight is 212 g/mol. The molecule has 0 saturated heterocycles. The van der Waals surface area contributed by atoms with E-state index in [1.165, 1.54) is 5.56 Å². The molecule has 0 aromatic heterocycles. The van der Waals surface area contributed by atoms with Crippen molar-refractivity contribution in [1.82, 2.24) is 0 Å². The van der Waals surface area contributed by atoms with Gasteiger partial charge in [0.25, 0.3) is 0 Å². The van der Waals surface area contributed by atoms with Crippen LogP contribution in [-0.4, -0.2) is 0 Å². The quantitative estimate of drug-likeness (QED) is 0.459. The number of hydrogen-bond donors (Lipinski definition) is 0. The SMILES string of the molecule is C/C=C/CC/C=C/C/C=C/c1ccccc1. The molecular weight excluding hydrogens is 192 g/mol. The molecule has 1 aromatic carbocycles. The maximum atomic E-state index is 2.25. The molecule has 0 fully saturated rings. The molecule has 1 rings (SSSR count). The van der Waals surface area contributed by atoms with Crippen molar-refractivity contribution in [3.8, 4) is 0 Å². The molecule has 0 nitrogen and oxygen atoms in total. The van der Waals surface area contributed by atoms with Gasteiger partial charge < -0.3 is 0 Å². The third-order valence-electron chi connectivity index (χ3n) is 2.28. The minimum Gasteiger partial charge on any atom is -0.0917 e. The number of allylic oxidation sites excluding steroid dienone is 5. The summed E-state index contributed by atoms with van der Waals surface area (Å²) in [5.41, 5.74) is 1.27. The first-order valence-electron chi connectivity index (χ1n) is 5.91. The normalized spacial score (nSPS) is 12.1. The molecule has 1 aromatic rings. The van der Waals surface area contributed by atoms with Crippen molar-refractivity contribution in [2.24, 2.45) is 0 Å². The Kier molecular flexibility index (Phi) is 6.82. The summed E-state index contributed by atoms with van der Waals surface area (Å²) in [5, 5.41) is 0. The maximum absolute atomic E-state index is 2.25. The standard InChI is InChI=1S/C16H20/c1-2-3-4-5-6-7-8-10-13-16-14-11-9-12-15-16/h2-3,6-7,9-15H,4-5,8H2,1H3/b3-2+,7-6+,13-10+. The van der Waals surface area contributed by atoms with Crippen LogP contribution in [-0.2, 0) is 0 Å². The summed E-state index contributed by atoms with van der Waals surface area (Å²) in [5.74, 6) is 0. The molecule has 0 aliphatic rings.